The van der Waals surface area contributed by atoms with Gasteiger partial charge < -0.3 is 11.5 Å². The van der Waals surface area contributed by atoms with Crippen LogP contribution in [0.5, 0.6) is 0 Å². The molecule has 120 valence electrons. The summed E-state index contributed by atoms with van der Waals surface area (Å²) in [5, 5.41) is 0.738. The summed E-state index contributed by atoms with van der Waals surface area (Å²) < 4.78 is 0. The minimum absolute atomic E-state index is 0.252. The van der Waals surface area contributed by atoms with Crippen molar-refractivity contribution in [1.29, 1.82) is 0 Å². The van der Waals surface area contributed by atoms with E-state index in [0.717, 1.165) is 33.3 Å². The molecule has 0 aliphatic heterocycles. The molecule has 3 rings (SSSR count). The topological polar surface area (TPSA) is 94.4 Å². The molecule has 0 radical (unpaired) electrons. The third-order valence-electron chi connectivity index (χ3n) is 3.98. The van der Waals surface area contributed by atoms with Gasteiger partial charge in [0.1, 0.15) is 0 Å². The first-order chi connectivity index (χ1) is 11.5. The number of benzene rings is 2. The van der Waals surface area contributed by atoms with Crippen LogP contribution in [0.1, 0.15) is 21.5 Å². The third-order valence-corrected chi connectivity index (χ3v) is 3.98. The summed E-state index contributed by atoms with van der Waals surface area (Å²) >= 11 is 0. The van der Waals surface area contributed by atoms with E-state index in [1.165, 1.54) is 0 Å². The maximum atomic E-state index is 12.6. The Morgan fingerprint density at radius 3 is 2.38 bits per heavy atom. The average Bonchev–Trinajstić information content (AvgIpc) is 2.54. The zero-order valence-electron chi connectivity index (χ0n) is 13.6. The maximum absolute atomic E-state index is 12.6. The number of nitrogens with zero attached hydrogens (tertiary/aromatic N) is 2. The van der Waals surface area contributed by atoms with Gasteiger partial charge in [0.15, 0.2) is 5.96 Å². The summed E-state index contributed by atoms with van der Waals surface area (Å²) in [5.41, 5.74) is 15.6. The first-order valence-corrected chi connectivity index (χ1v) is 7.58. The van der Waals surface area contributed by atoms with Crippen LogP contribution in [0.15, 0.2) is 53.5 Å². The van der Waals surface area contributed by atoms with Crippen molar-refractivity contribution in [3.05, 3.63) is 65.2 Å². The number of aliphatic imine (C=N–C) groups is 1. The fourth-order valence-electron chi connectivity index (χ4n) is 2.86. The van der Waals surface area contributed by atoms with Crippen LogP contribution in [0.25, 0.3) is 22.2 Å². The summed E-state index contributed by atoms with van der Waals surface area (Å²) in [6.45, 7) is 3.89. The second kappa shape index (κ2) is 6.12. The smallest absolute Gasteiger partial charge is 0.281 e. The Hall–Kier alpha value is -3.21. The zero-order valence-corrected chi connectivity index (χ0v) is 13.6. The van der Waals surface area contributed by atoms with E-state index in [2.05, 4.69) is 4.99 Å². The molecule has 3 aromatic rings. The predicted molar refractivity (Wildman–Crippen MR) is 96.8 cm³/mol. The highest BCUT2D eigenvalue weighted by atomic mass is 16.1. The van der Waals surface area contributed by atoms with Crippen molar-refractivity contribution in [3.63, 3.8) is 0 Å². The fraction of sp³-hybridized carbons (Fsp3) is 0.105. The van der Waals surface area contributed by atoms with Crippen LogP contribution in [0, 0.1) is 13.8 Å². The molecule has 2 aromatic carbocycles. The van der Waals surface area contributed by atoms with Gasteiger partial charge in [0, 0.05) is 10.9 Å². The van der Waals surface area contributed by atoms with Gasteiger partial charge in [0.25, 0.3) is 5.91 Å². The predicted octanol–water partition coefficient (Wildman–Crippen LogP) is 2.93. The number of nitrogens with two attached hydrogens (primary N) is 2. The van der Waals surface area contributed by atoms with Crippen molar-refractivity contribution in [1.82, 2.24) is 4.98 Å². The molecule has 1 amide bonds. The van der Waals surface area contributed by atoms with Gasteiger partial charge in [-0.05, 0) is 31.0 Å². The van der Waals surface area contributed by atoms with Gasteiger partial charge in [0.2, 0.25) is 0 Å². The van der Waals surface area contributed by atoms with Crippen LogP contribution < -0.4 is 11.5 Å². The number of pyridine rings is 1. The zero-order chi connectivity index (χ0) is 17.3. The molecular formula is C19H18N4O. The third kappa shape index (κ3) is 2.72. The van der Waals surface area contributed by atoms with Crippen LogP contribution in [-0.4, -0.2) is 16.9 Å². The highest BCUT2D eigenvalue weighted by Crippen LogP contribution is 2.31. The number of amides is 1. The fourth-order valence-corrected chi connectivity index (χ4v) is 2.86. The van der Waals surface area contributed by atoms with E-state index >= 15 is 0 Å². The van der Waals surface area contributed by atoms with Crippen LogP contribution in [0.4, 0.5) is 0 Å². The van der Waals surface area contributed by atoms with Gasteiger partial charge >= 0.3 is 0 Å². The molecule has 4 N–H and O–H groups in total. The van der Waals surface area contributed by atoms with Gasteiger partial charge in [-0.3, -0.25) is 4.79 Å². The number of fused-ring (bicyclic) bond motifs is 1. The Kier molecular flexibility index (Phi) is 4.00. The van der Waals surface area contributed by atoms with Crippen molar-refractivity contribution in [2.24, 2.45) is 16.5 Å². The Bertz CT molecular complexity index is 972. The molecule has 1 aromatic heterocycles. The summed E-state index contributed by atoms with van der Waals surface area (Å²) in [6.07, 6.45) is 0. The average molecular weight is 318 g/mol. The molecule has 24 heavy (non-hydrogen) atoms. The van der Waals surface area contributed by atoms with Gasteiger partial charge in [0.05, 0.1) is 16.8 Å². The lowest BCUT2D eigenvalue weighted by Crippen LogP contribution is -2.24. The minimum Gasteiger partial charge on any atom is -0.370 e. The van der Waals surface area contributed by atoms with Crippen LogP contribution in [-0.2, 0) is 0 Å². The molecule has 0 bridgehead atoms. The van der Waals surface area contributed by atoms with Crippen LogP contribution in [0.3, 0.4) is 0 Å². The van der Waals surface area contributed by atoms with Crippen molar-refractivity contribution in [2.45, 2.75) is 13.8 Å². The largest absolute Gasteiger partial charge is 0.370 e. The van der Waals surface area contributed by atoms with Crippen molar-refractivity contribution < 1.29 is 4.79 Å². The second-order valence-corrected chi connectivity index (χ2v) is 5.63. The Balaban J connectivity index is 2.38. The SMILES string of the molecule is Cc1ccccc1-c1nc2ccccc2c(C(=O)N=C(N)N)c1C. The van der Waals surface area contributed by atoms with Crippen molar-refractivity contribution >= 4 is 22.8 Å². The molecule has 0 atom stereocenters. The van der Waals surface area contributed by atoms with Crippen LogP contribution in [0.2, 0.25) is 0 Å². The summed E-state index contributed by atoms with van der Waals surface area (Å²) in [7, 11) is 0. The quantitative estimate of drug-likeness (QED) is 0.561. The van der Waals surface area contributed by atoms with E-state index < -0.39 is 5.91 Å². The highest BCUT2D eigenvalue weighted by molar-refractivity contribution is 6.12. The standard InChI is InChI=1S/C19H18N4O/c1-11-7-3-4-8-13(11)17-12(2)16(18(24)23-19(20)21)14-9-5-6-10-15(14)22-17/h3-10H,1-2H3,(H4,20,21,23,24). The second-order valence-electron chi connectivity index (χ2n) is 5.63. The highest BCUT2D eigenvalue weighted by Gasteiger charge is 2.19. The maximum Gasteiger partial charge on any atom is 0.281 e. The first kappa shape index (κ1) is 15.7. The van der Waals surface area contributed by atoms with E-state index in [4.69, 9.17) is 16.5 Å². The van der Waals surface area contributed by atoms with Gasteiger partial charge in [-0.25, -0.2) is 4.98 Å². The summed E-state index contributed by atoms with van der Waals surface area (Å²) in [6, 6.07) is 15.4. The van der Waals surface area contributed by atoms with Crippen molar-refractivity contribution in [2.75, 3.05) is 0 Å². The van der Waals surface area contributed by atoms with Gasteiger partial charge in [-0.2, -0.15) is 4.99 Å². The molecule has 1 heterocycles. The molecule has 0 aliphatic carbocycles. The number of aromatic nitrogens is 1. The van der Waals surface area contributed by atoms with Crippen LogP contribution >= 0.6 is 0 Å². The number of carbonyl (C=O) groups is 1. The number of hydrogen-bond acceptors (Lipinski definition) is 2. The lowest BCUT2D eigenvalue weighted by atomic mass is 9.95. The van der Waals surface area contributed by atoms with E-state index in [9.17, 15) is 4.79 Å². The number of aryl methyl sites for hydroxylation is 1. The molecule has 0 spiro atoms. The Labute approximate surface area is 140 Å². The van der Waals surface area contributed by atoms with Gasteiger partial charge in [-0.15, -0.1) is 0 Å². The van der Waals surface area contributed by atoms with E-state index in [1.807, 2.05) is 62.4 Å². The molecular weight excluding hydrogens is 300 g/mol. The monoisotopic (exact) mass is 318 g/mol. The summed E-state index contributed by atoms with van der Waals surface area (Å²) in [4.78, 5) is 21.1. The van der Waals surface area contributed by atoms with Gasteiger partial charge in [-0.1, -0.05) is 42.5 Å². The number of guanidine groups is 1. The molecule has 0 unspecified atom stereocenters. The number of carbonyl (C=O) groups excluding carboxylic acids is 1. The number of para-hydroxylation sites is 1. The first-order valence-electron chi connectivity index (χ1n) is 7.58. The number of hydrogen-bond donors (Lipinski definition) is 2. The van der Waals surface area contributed by atoms with E-state index in [1.54, 1.807) is 0 Å². The molecule has 0 aliphatic rings. The Morgan fingerprint density at radius 1 is 1.00 bits per heavy atom. The molecule has 0 fully saturated rings. The molecule has 0 saturated heterocycles. The number of rotatable bonds is 2. The Morgan fingerprint density at radius 2 is 1.67 bits per heavy atom. The lowest BCUT2D eigenvalue weighted by molar-refractivity contribution is 0.100. The lowest BCUT2D eigenvalue weighted by Gasteiger charge is -2.14. The molecule has 0 saturated carbocycles. The minimum atomic E-state index is -0.457. The summed E-state index contributed by atoms with van der Waals surface area (Å²) in [5.74, 6) is -0.710. The molecule has 5 heteroatoms. The molecule has 5 nitrogen and oxygen atoms in total. The van der Waals surface area contributed by atoms with Crippen molar-refractivity contribution in [3.8, 4) is 11.3 Å². The van der Waals surface area contributed by atoms with E-state index in [-0.39, 0.29) is 5.96 Å². The van der Waals surface area contributed by atoms with E-state index in [0.29, 0.717) is 5.56 Å². The normalized spacial score (nSPS) is 10.6.